The molecule has 0 aromatic rings. The third kappa shape index (κ3) is 2.39. The Kier molecular flexibility index (Phi) is 3.20. The molecule has 1 saturated heterocycles. The lowest BCUT2D eigenvalue weighted by Crippen LogP contribution is -2.47. The number of alkyl halides is 1. The lowest BCUT2D eigenvalue weighted by atomic mass is 10.1. The van der Waals surface area contributed by atoms with E-state index in [0.717, 1.165) is 0 Å². The Balaban J connectivity index is 2.46. The fourth-order valence-electron chi connectivity index (χ4n) is 1.30. The van der Waals surface area contributed by atoms with E-state index in [0.29, 0.717) is 6.54 Å². The highest BCUT2D eigenvalue weighted by atomic mass is 19.1. The molecule has 0 radical (unpaired) electrons. The zero-order chi connectivity index (χ0) is 9.84. The molecule has 4 nitrogen and oxygen atoms in total. The minimum Gasteiger partial charge on any atom is -0.390 e. The van der Waals surface area contributed by atoms with Gasteiger partial charge >= 0.3 is 0 Å². The number of hydrogen-bond donors (Lipinski definition) is 1. The molecule has 1 heterocycles. The largest absolute Gasteiger partial charge is 0.390 e. The molecule has 1 aliphatic rings. The van der Waals surface area contributed by atoms with E-state index >= 15 is 0 Å². The van der Waals surface area contributed by atoms with Crippen molar-refractivity contribution >= 4 is 5.91 Å². The lowest BCUT2D eigenvalue weighted by molar-refractivity contribution is -0.134. The van der Waals surface area contributed by atoms with Gasteiger partial charge in [-0.3, -0.25) is 4.79 Å². The second-order valence-corrected chi connectivity index (χ2v) is 3.05. The van der Waals surface area contributed by atoms with E-state index < -0.39 is 12.3 Å². The number of nitrogens with zero attached hydrogens (tertiary/aromatic N) is 2. The summed E-state index contributed by atoms with van der Waals surface area (Å²) in [6.45, 7) is 0.240. The Hall–Kier alpha value is -1.15. The van der Waals surface area contributed by atoms with Crippen molar-refractivity contribution in [1.29, 1.82) is 5.26 Å². The van der Waals surface area contributed by atoms with Gasteiger partial charge in [0.1, 0.15) is 12.6 Å². The van der Waals surface area contributed by atoms with Crippen molar-refractivity contribution in [2.75, 3.05) is 13.1 Å². The number of carbonyl (C=O) groups is 1. The summed E-state index contributed by atoms with van der Waals surface area (Å²) in [7, 11) is 0. The Morgan fingerprint density at radius 1 is 1.77 bits per heavy atom. The monoisotopic (exact) mass is 186 g/mol. The third-order valence-corrected chi connectivity index (χ3v) is 2.09. The van der Waals surface area contributed by atoms with Gasteiger partial charge in [-0.15, -0.1) is 0 Å². The summed E-state index contributed by atoms with van der Waals surface area (Å²) in [5.41, 5.74) is 0. The molecule has 1 amide bonds. The van der Waals surface area contributed by atoms with Crippen LogP contribution in [0.15, 0.2) is 0 Å². The second kappa shape index (κ2) is 4.19. The first-order valence-electron chi connectivity index (χ1n) is 4.12. The quantitative estimate of drug-likeness (QED) is 0.618. The van der Waals surface area contributed by atoms with E-state index in [-0.39, 0.29) is 25.3 Å². The molecule has 0 unspecified atom stereocenters. The van der Waals surface area contributed by atoms with Gasteiger partial charge in [-0.25, -0.2) is 4.39 Å². The molecule has 0 aromatic carbocycles. The molecule has 1 fully saturated rings. The number of aliphatic hydroxyl groups excluding tert-OH is 1. The average Bonchev–Trinajstić information content (AvgIpc) is 2.10. The molecule has 72 valence electrons. The maximum absolute atomic E-state index is 12.9. The van der Waals surface area contributed by atoms with Gasteiger partial charge in [0.05, 0.1) is 18.7 Å². The fraction of sp³-hybridized carbons (Fsp3) is 0.750. The number of amides is 1. The highest BCUT2D eigenvalue weighted by Gasteiger charge is 2.29. The summed E-state index contributed by atoms with van der Waals surface area (Å²) < 4.78 is 12.9. The molecular formula is C8H11FN2O2. The van der Waals surface area contributed by atoms with Gasteiger partial charge in [-0.2, -0.15) is 5.26 Å². The Morgan fingerprint density at radius 3 is 3.00 bits per heavy atom. The SMILES string of the molecule is N#CCC(=O)N1CC[C@H](O)[C@H](F)C1. The maximum Gasteiger partial charge on any atom is 0.236 e. The summed E-state index contributed by atoms with van der Waals surface area (Å²) in [5, 5.41) is 17.3. The van der Waals surface area contributed by atoms with E-state index in [1.165, 1.54) is 4.90 Å². The lowest BCUT2D eigenvalue weighted by Gasteiger charge is -2.31. The standard InChI is InChI=1S/C8H11FN2O2/c9-6-5-11(4-2-7(6)12)8(13)1-3-10/h6-7,12H,1-2,4-5H2/t6-,7+/m1/s1. The van der Waals surface area contributed by atoms with Gasteiger partial charge in [0.25, 0.3) is 0 Å². The molecule has 5 heteroatoms. The Labute approximate surface area is 75.6 Å². The van der Waals surface area contributed by atoms with E-state index in [4.69, 9.17) is 10.4 Å². The van der Waals surface area contributed by atoms with E-state index in [1.807, 2.05) is 0 Å². The Morgan fingerprint density at radius 2 is 2.46 bits per heavy atom. The zero-order valence-corrected chi connectivity index (χ0v) is 7.11. The number of hydrogen-bond acceptors (Lipinski definition) is 3. The summed E-state index contributed by atoms with van der Waals surface area (Å²) in [6, 6.07) is 1.71. The first-order chi connectivity index (χ1) is 6.15. The number of halogens is 1. The number of aliphatic hydroxyl groups is 1. The van der Waals surface area contributed by atoms with Crippen LogP contribution in [-0.4, -0.2) is 41.3 Å². The molecule has 1 rings (SSSR count). The van der Waals surface area contributed by atoms with Crippen LogP contribution in [-0.2, 0) is 4.79 Å². The van der Waals surface area contributed by atoms with Crippen LogP contribution in [0.5, 0.6) is 0 Å². The van der Waals surface area contributed by atoms with Crippen molar-refractivity contribution in [2.45, 2.75) is 25.1 Å². The van der Waals surface area contributed by atoms with Crippen LogP contribution < -0.4 is 0 Å². The van der Waals surface area contributed by atoms with Crippen LogP contribution in [0.3, 0.4) is 0 Å². The number of likely N-dealkylation sites (tertiary alicyclic amines) is 1. The number of carbonyl (C=O) groups excluding carboxylic acids is 1. The van der Waals surface area contributed by atoms with Crippen molar-refractivity contribution in [3.8, 4) is 6.07 Å². The summed E-state index contributed by atoms with van der Waals surface area (Å²) in [5.74, 6) is -0.364. The third-order valence-electron chi connectivity index (χ3n) is 2.09. The van der Waals surface area contributed by atoms with Crippen LogP contribution >= 0.6 is 0 Å². The van der Waals surface area contributed by atoms with Crippen molar-refractivity contribution in [1.82, 2.24) is 4.90 Å². The Bertz CT molecular complexity index is 239. The highest BCUT2D eigenvalue weighted by Crippen LogP contribution is 2.14. The van der Waals surface area contributed by atoms with Gasteiger partial charge in [0.15, 0.2) is 0 Å². The molecule has 2 atom stereocenters. The average molecular weight is 186 g/mol. The minimum atomic E-state index is -1.38. The van der Waals surface area contributed by atoms with Gasteiger partial charge in [-0.05, 0) is 6.42 Å². The van der Waals surface area contributed by atoms with Crippen LogP contribution in [0.2, 0.25) is 0 Å². The molecule has 0 aliphatic carbocycles. The summed E-state index contributed by atoms with van der Waals surface area (Å²) >= 11 is 0. The molecular weight excluding hydrogens is 175 g/mol. The van der Waals surface area contributed by atoms with Crippen LogP contribution in [0.4, 0.5) is 4.39 Å². The fourth-order valence-corrected chi connectivity index (χ4v) is 1.30. The summed E-state index contributed by atoms with van der Waals surface area (Å²) in [4.78, 5) is 12.4. The zero-order valence-electron chi connectivity index (χ0n) is 7.11. The van der Waals surface area contributed by atoms with Gasteiger partial charge in [0.2, 0.25) is 5.91 Å². The van der Waals surface area contributed by atoms with Crippen LogP contribution in [0.25, 0.3) is 0 Å². The van der Waals surface area contributed by atoms with Gasteiger partial charge < -0.3 is 10.0 Å². The van der Waals surface area contributed by atoms with Crippen LogP contribution in [0, 0.1) is 11.3 Å². The number of rotatable bonds is 1. The normalized spacial score (nSPS) is 28.2. The van der Waals surface area contributed by atoms with Gasteiger partial charge in [-0.1, -0.05) is 0 Å². The minimum absolute atomic E-state index is 0.0956. The van der Waals surface area contributed by atoms with Crippen molar-refractivity contribution in [2.24, 2.45) is 0 Å². The molecule has 1 N–H and O–H groups in total. The highest BCUT2D eigenvalue weighted by molar-refractivity contribution is 5.78. The second-order valence-electron chi connectivity index (χ2n) is 3.05. The molecule has 0 aromatic heterocycles. The van der Waals surface area contributed by atoms with E-state index in [2.05, 4.69) is 0 Å². The number of nitriles is 1. The first kappa shape index (κ1) is 9.93. The van der Waals surface area contributed by atoms with Crippen molar-refractivity contribution < 1.29 is 14.3 Å². The molecule has 0 bridgehead atoms. The van der Waals surface area contributed by atoms with Gasteiger partial charge in [0, 0.05) is 6.54 Å². The molecule has 13 heavy (non-hydrogen) atoms. The van der Waals surface area contributed by atoms with Crippen molar-refractivity contribution in [3.63, 3.8) is 0 Å². The first-order valence-corrected chi connectivity index (χ1v) is 4.12. The summed E-state index contributed by atoms with van der Waals surface area (Å²) in [6.07, 6.45) is -2.32. The van der Waals surface area contributed by atoms with Crippen LogP contribution in [0.1, 0.15) is 12.8 Å². The molecule has 1 aliphatic heterocycles. The topological polar surface area (TPSA) is 64.3 Å². The predicted molar refractivity (Wildman–Crippen MR) is 42.3 cm³/mol. The molecule has 0 saturated carbocycles. The van der Waals surface area contributed by atoms with E-state index in [1.54, 1.807) is 6.07 Å². The number of piperidine rings is 1. The smallest absolute Gasteiger partial charge is 0.236 e. The predicted octanol–water partition coefficient (Wildman–Crippen LogP) is -0.169. The maximum atomic E-state index is 12.9. The van der Waals surface area contributed by atoms with Crippen molar-refractivity contribution in [3.05, 3.63) is 0 Å². The van der Waals surface area contributed by atoms with E-state index in [9.17, 15) is 9.18 Å². The molecule has 0 spiro atoms.